The summed E-state index contributed by atoms with van der Waals surface area (Å²) in [6.45, 7) is 2.16. The third kappa shape index (κ3) is 1.08. The zero-order chi connectivity index (χ0) is 6.97. The predicted octanol–water partition coefficient (Wildman–Crippen LogP) is 0.628. The molecule has 2 aliphatic rings. The van der Waals surface area contributed by atoms with Crippen LogP contribution in [0.2, 0.25) is 0 Å². The van der Waals surface area contributed by atoms with Crippen molar-refractivity contribution in [3.8, 4) is 0 Å². The highest BCUT2D eigenvalue weighted by Gasteiger charge is 2.34. The van der Waals surface area contributed by atoms with E-state index in [0.29, 0.717) is 16.3 Å². The van der Waals surface area contributed by atoms with E-state index in [1.807, 2.05) is 0 Å². The summed E-state index contributed by atoms with van der Waals surface area (Å²) < 4.78 is 0. The maximum atomic E-state index is 10.9. The van der Waals surface area contributed by atoms with Crippen molar-refractivity contribution < 1.29 is 4.79 Å². The Kier molecular flexibility index (Phi) is 1.70. The zero-order valence-electron chi connectivity index (χ0n) is 5.80. The summed E-state index contributed by atoms with van der Waals surface area (Å²) in [5, 5.41) is 4.36. The van der Waals surface area contributed by atoms with E-state index in [9.17, 15) is 4.79 Å². The lowest BCUT2D eigenvalue weighted by molar-refractivity contribution is -0.111. The van der Waals surface area contributed by atoms with Gasteiger partial charge in [-0.1, -0.05) is 11.8 Å². The summed E-state index contributed by atoms with van der Waals surface area (Å²) in [5.74, 6) is 0.645. The Morgan fingerprint density at radius 1 is 1.60 bits per heavy atom. The first-order valence-corrected chi connectivity index (χ1v) is 4.64. The van der Waals surface area contributed by atoms with Crippen LogP contribution in [0.15, 0.2) is 0 Å². The molecule has 1 N–H and O–H groups in total. The number of thioether (sulfide) groups is 1. The molecule has 0 saturated carbocycles. The first-order valence-electron chi connectivity index (χ1n) is 3.76. The van der Waals surface area contributed by atoms with Crippen molar-refractivity contribution in [1.29, 1.82) is 0 Å². The van der Waals surface area contributed by atoms with Gasteiger partial charge in [0.1, 0.15) is 0 Å². The molecule has 2 nitrogen and oxygen atoms in total. The van der Waals surface area contributed by atoms with Gasteiger partial charge in [0.05, 0.1) is 0 Å². The van der Waals surface area contributed by atoms with Crippen molar-refractivity contribution in [3.63, 3.8) is 0 Å². The van der Waals surface area contributed by atoms with Gasteiger partial charge in [-0.2, -0.15) is 0 Å². The van der Waals surface area contributed by atoms with E-state index < -0.39 is 0 Å². The zero-order valence-corrected chi connectivity index (χ0v) is 6.62. The summed E-state index contributed by atoms with van der Waals surface area (Å²) in [7, 11) is 0. The molecule has 2 atom stereocenters. The van der Waals surface area contributed by atoms with Crippen molar-refractivity contribution in [3.05, 3.63) is 0 Å². The number of carbonyl (C=O) groups excluding carboxylic acids is 1. The Labute approximate surface area is 64.8 Å². The number of fused-ring (bicyclic) bond motifs is 1. The lowest BCUT2D eigenvalue weighted by Crippen LogP contribution is -2.35. The topological polar surface area (TPSA) is 29.1 Å². The molecule has 2 rings (SSSR count). The largest absolute Gasteiger partial charge is 0.316 e. The summed E-state index contributed by atoms with van der Waals surface area (Å²) in [4.78, 5) is 10.9. The van der Waals surface area contributed by atoms with Crippen molar-refractivity contribution in [1.82, 2.24) is 5.32 Å². The molecule has 0 aromatic heterocycles. The summed E-state index contributed by atoms with van der Waals surface area (Å²) in [6, 6.07) is 0. The van der Waals surface area contributed by atoms with E-state index >= 15 is 0 Å². The van der Waals surface area contributed by atoms with Crippen molar-refractivity contribution in [2.75, 3.05) is 13.1 Å². The maximum Gasteiger partial charge on any atom is 0.189 e. The van der Waals surface area contributed by atoms with Crippen LogP contribution in [-0.2, 0) is 4.79 Å². The van der Waals surface area contributed by atoms with E-state index in [1.54, 1.807) is 11.8 Å². The molecule has 0 aromatic carbocycles. The van der Waals surface area contributed by atoms with Crippen molar-refractivity contribution >= 4 is 16.9 Å². The third-order valence-electron chi connectivity index (χ3n) is 2.25. The van der Waals surface area contributed by atoms with E-state index in [0.717, 1.165) is 19.5 Å². The number of nitrogens with one attached hydrogen (secondary N) is 1. The van der Waals surface area contributed by atoms with Crippen LogP contribution in [0.25, 0.3) is 0 Å². The first-order chi connectivity index (χ1) is 4.86. The van der Waals surface area contributed by atoms with Gasteiger partial charge in [-0.05, 0) is 25.4 Å². The highest BCUT2D eigenvalue weighted by atomic mass is 32.2. The molecular formula is C7H11NOS. The fraction of sp³-hybridized carbons (Fsp3) is 0.857. The molecule has 0 aromatic rings. The lowest BCUT2D eigenvalue weighted by Gasteiger charge is -2.23. The molecule has 10 heavy (non-hydrogen) atoms. The van der Waals surface area contributed by atoms with Gasteiger partial charge < -0.3 is 5.32 Å². The second-order valence-electron chi connectivity index (χ2n) is 2.99. The lowest BCUT2D eigenvalue weighted by atomic mass is 9.97. The molecule has 2 heterocycles. The summed E-state index contributed by atoms with van der Waals surface area (Å²) in [6.07, 6.45) is 1.99. The second kappa shape index (κ2) is 2.55. The molecule has 2 unspecified atom stereocenters. The maximum absolute atomic E-state index is 10.9. The minimum absolute atomic E-state index is 0.402. The fourth-order valence-corrected chi connectivity index (χ4v) is 2.96. The van der Waals surface area contributed by atoms with E-state index in [2.05, 4.69) is 5.32 Å². The highest BCUT2D eigenvalue weighted by molar-refractivity contribution is 8.14. The van der Waals surface area contributed by atoms with Crippen molar-refractivity contribution in [2.45, 2.75) is 18.1 Å². The number of hydrogen-bond donors (Lipinski definition) is 1. The number of rotatable bonds is 0. The minimum atomic E-state index is 0.402. The Bertz CT molecular complexity index is 144. The van der Waals surface area contributed by atoms with Crippen LogP contribution in [0.5, 0.6) is 0 Å². The smallest absolute Gasteiger partial charge is 0.189 e. The SMILES string of the molecule is O=C1CC2CNCCC2S1. The minimum Gasteiger partial charge on any atom is -0.316 e. The first kappa shape index (κ1) is 6.68. The van der Waals surface area contributed by atoms with Gasteiger partial charge in [0.2, 0.25) is 0 Å². The Hall–Kier alpha value is -0.0200. The van der Waals surface area contributed by atoms with Crippen LogP contribution in [0.4, 0.5) is 0 Å². The van der Waals surface area contributed by atoms with Gasteiger partial charge in [-0.15, -0.1) is 0 Å². The van der Waals surface area contributed by atoms with E-state index in [4.69, 9.17) is 0 Å². The van der Waals surface area contributed by atoms with E-state index in [1.165, 1.54) is 6.42 Å². The molecule has 3 heteroatoms. The molecule has 0 aliphatic carbocycles. The Morgan fingerprint density at radius 2 is 2.50 bits per heavy atom. The highest BCUT2D eigenvalue weighted by Crippen LogP contribution is 2.36. The molecular weight excluding hydrogens is 146 g/mol. The molecule has 0 radical (unpaired) electrons. The van der Waals surface area contributed by atoms with Gasteiger partial charge in [0, 0.05) is 11.7 Å². The molecule has 2 saturated heterocycles. The molecule has 2 aliphatic heterocycles. The number of carbonyl (C=O) groups is 1. The summed E-state index contributed by atoms with van der Waals surface area (Å²) in [5.41, 5.74) is 0. The van der Waals surface area contributed by atoms with Crippen molar-refractivity contribution in [2.24, 2.45) is 5.92 Å². The fourth-order valence-electron chi connectivity index (χ4n) is 1.69. The quantitative estimate of drug-likeness (QED) is 0.559. The molecule has 56 valence electrons. The van der Waals surface area contributed by atoms with Crippen LogP contribution in [0.1, 0.15) is 12.8 Å². The molecule has 0 spiro atoms. The van der Waals surface area contributed by atoms with Gasteiger partial charge >= 0.3 is 0 Å². The standard InChI is InChI=1S/C7H11NOS/c9-7-3-5-4-8-2-1-6(5)10-7/h5-6,8H,1-4H2. The van der Waals surface area contributed by atoms with E-state index in [-0.39, 0.29) is 0 Å². The molecule has 0 amide bonds. The van der Waals surface area contributed by atoms with Gasteiger partial charge in [-0.3, -0.25) is 4.79 Å². The summed E-state index contributed by atoms with van der Waals surface area (Å²) >= 11 is 1.57. The van der Waals surface area contributed by atoms with Gasteiger partial charge in [0.25, 0.3) is 0 Å². The number of hydrogen-bond acceptors (Lipinski definition) is 3. The van der Waals surface area contributed by atoms with Crippen LogP contribution >= 0.6 is 11.8 Å². The van der Waals surface area contributed by atoms with Crippen LogP contribution in [-0.4, -0.2) is 23.5 Å². The second-order valence-corrected chi connectivity index (χ2v) is 4.28. The molecule has 2 fully saturated rings. The Morgan fingerprint density at radius 3 is 3.30 bits per heavy atom. The average Bonchev–Trinajstić information content (AvgIpc) is 2.27. The number of piperidine rings is 1. The molecule has 0 bridgehead atoms. The van der Waals surface area contributed by atoms with Crippen LogP contribution in [0.3, 0.4) is 0 Å². The van der Waals surface area contributed by atoms with Gasteiger partial charge in [-0.25, -0.2) is 0 Å². The monoisotopic (exact) mass is 157 g/mol. The van der Waals surface area contributed by atoms with Gasteiger partial charge in [0.15, 0.2) is 5.12 Å². The third-order valence-corrected chi connectivity index (χ3v) is 3.60. The predicted molar refractivity (Wildman–Crippen MR) is 42.0 cm³/mol. The van der Waals surface area contributed by atoms with Crippen LogP contribution < -0.4 is 5.32 Å². The average molecular weight is 157 g/mol. The Balaban J connectivity index is 2.04. The van der Waals surface area contributed by atoms with Crippen LogP contribution in [0, 0.1) is 5.92 Å². The normalized spacial score (nSPS) is 39.8.